The van der Waals surface area contributed by atoms with Crippen LogP contribution in [0.3, 0.4) is 0 Å². The fourth-order valence-corrected chi connectivity index (χ4v) is 5.64. The van der Waals surface area contributed by atoms with E-state index in [1.165, 1.54) is 24.5 Å². The second kappa shape index (κ2) is 15.3. The molecule has 2 aromatic carbocycles. The smallest absolute Gasteiger partial charge is 0.493 e. The molecule has 10 nitrogen and oxygen atoms in total. The van der Waals surface area contributed by atoms with E-state index in [0.717, 1.165) is 57.8 Å². The Labute approximate surface area is 295 Å². The molecule has 3 aliphatic rings. The molecule has 2 aromatic heterocycles. The molecule has 0 bridgehead atoms. The second-order valence-electron chi connectivity index (χ2n) is 12.3. The Morgan fingerprint density at radius 3 is 1.84 bits per heavy atom. The zero-order valence-corrected chi connectivity index (χ0v) is 29.3. The van der Waals surface area contributed by atoms with Gasteiger partial charge in [-0.3, -0.25) is 0 Å². The molecule has 0 aliphatic carbocycles. The summed E-state index contributed by atoms with van der Waals surface area (Å²) in [6.45, 7) is 3.25. The number of nitrogen functional groups attached to an aromatic ring is 2. The molecule has 4 aromatic rings. The summed E-state index contributed by atoms with van der Waals surface area (Å²) in [4.78, 5) is 7.45. The highest BCUT2D eigenvalue weighted by atomic mass is 79.9. The van der Waals surface area contributed by atoms with Crippen LogP contribution in [-0.2, 0) is 22.2 Å². The van der Waals surface area contributed by atoms with Gasteiger partial charge in [-0.15, -0.1) is 0 Å². The van der Waals surface area contributed by atoms with Crippen molar-refractivity contribution in [1.29, 1.82) is 0 Å². The average Bonchev–Trinajstić information content (AvgIpc) is 3.78. The topological polar surface area (TPSA) is 133 Å². The zero-order chi connectivity index (χ0) is 36.2. The molecule has 266 valence electrons. The van der Waals surface area contributed by atoms with Gasteiger partial charge in [0.2, 0.25) is 11.8 Å². The van der Waals surface area contributed by atoms with Crippen LogP contribution in [0, 0.1) is 0 Å². The molecule has 4 N–H and O–H groups in total. The van der Waals surface area contributed by atoms with E-state index in [1.807, 2.05) is 45.9 Å². The summed E-state index contributed by atoms with van der Waals surface area (Å²) in [5, 5.41) is 0. The van der Waals surface area contributed by atoms with Crippen LogP contribution in [0.5, 0.6) is 23.3 Å². The van der Waals surface area contributed by atoms with Gasteiger partial charge in [0.25, 0.3) is 0 Å². The fourth-order valence-electron chi connectivity index (χ4n) is 5.26. The van der Waals surface area contributed by atoms with E-state index in [0.29, 0.717) is 23.3 Å². The fraction of sp³-hybridized carbons (Fsp3) is 0.353. The second-order valence-corrected chi connectivity index (χ2v) is 13.1. The van der Waals surface area contributed by atoms with Gasteiger partial charge in [0.15, 0.2) is 0 Å². The maximum Gasteiger partial charge on any atom is 0.495 e. The molecule has 1 fully saturated rings. The van der Waals surface area contributed by atoms with Crippen LogP contribution in [0.4, 0.5) is 28.9 Å². The monoisotopic (exact) mass is 762 g/mol. The van der Waals surface area contributed by atoms with E-state index >= 15 is 0 Å². The van der Waals surface area contributed by atoms with E-state index in [2.05, 4.69) is 35.4 Å². The van der Waals surface area contributed by atoms with Crippen LogP contribution in [-0.4, -0.2) is 54.7 Å². The van der Waals surface area contributed by atoms with Gasteiger partial charge in [-0.05, 0) is 91.0 Å². The van der Waals surface area contributed by atoms with Crippen molar-refractivity contribution in [3.63, 3.8) is 0 Å². The predicted molar refractivity (Wildman–Crippen MR) is 184 cm³/mol. The number of hydrogen-bond donors (Lipinski definition) is 2. The predicted octanol–water partition coefficient (Wildman–Crippen LogP) is 6.82. The van der Waals surface area contributed by atoms with Gasteiger partial charge in [0.1, 0.15) is 11.5 Å². The lowest BCUT2D eigenvalue weighted by Gasteiger charge is -2.32. The Bertz CT molecular complexity index is 1800. The first-order valence-electron chi connectivity index (χ1n) is 15.6. The molecule has 16 heteroatoms. The Morgan fingerprint density at radius 2 is 1.26 bits per heavy atom. The maximum absolute atomic E-state index is 12.2. The van der Waals surface area contributed by atoms with Crippen molar-refractivity contribution in [2.45, 2.75) is 65.0 Å². The van der Waals surface area contributed by atoms with Crippen LogP contribution in [0.1, 0.15) is 38.8 Å². The lowest BCUT2D eigenvalue weighted by molar-refractivity contribution is -0.0535. The van der Waals surface area contributed by atoms with Crippen LogP contribution in [0.15, 0.2) is 65.4 Å². The van der Waals surface area contributed by atoms with Crippen molar-refractivity contribution in [2.75, 3.05) is 24.7 Å². The van der Waals surface area contributed by atoms with Gasteiger partial charge >= 0.3 is 20.3 Å². The summed E-state index contributed by atoms with van der Waals surface area (Å²) in [5.41, 5.74) is 16.5. The van der Waals surface area contributed by atoms with E-state index < -0.39 is 31.5 Å². The number of hydrogen-bond acceptors (Lipinski definition) is 10. The highest BCUT2D eigenvalue weighted by molar-refractivity contribution is 9.10. The Hall–Kier alpha value is -4.28. The molecule has 0 radical (unpaired) electrons. The van der Waals surface area contributed by atoms with E-state index in [4.69, 9.17) is 30.2 Å². The van der Waals surface area contributed by atoms with Crippen molar-refractivity contribution in [1.82, 2.24) is 9.97 Å². The molecule has 0 unspecified atom stereocenters. The maximum atomic E-state index is 12.2. The lowest BCUT2D eigenvalue weighted by Crippen LogP contribution is -2.41. The van der Waals surface area contributed by atoms with E-state index in [9.17, 15) is 17.6 Å². The summed E-state index contributed by atoms with van der Waals surface area (Å²) in [5.74, 6) is 1.44. The molecule has 1 saturated heterocycles. The summed E-state index contributed by atoms with van der Waals surface area (Å²) >= 11 is 3.37. The van der Waals surface area contributed by atoms with Crippen molar-refractivity contribution < 1.29 is 45.8 Å². The lowest BCUT2D eigenvalue weighted by atomic mass is 9.80. The normalized spacial score (nSPS) is 16.3. The molecule has 0 spiro atoms. The number of benzene rings is 2. The van der Waals surface area contributed by atoms with Gasteiger partial charge in [-0.25, -0.2) is 9.97 Å². The molecular formula is C34H36BBrF4N4O6. The molecule has 3 aliphatic heterocycles. The van der Waals surface area contributed by atoms with Gasteiger partial charge in [0.05, 0.1) is 30.1 Å². The minimum Gasteiger partial charge on any atom is -0.493 e. The third-order valence-corrected chi connectivity index (χ3v) is 9.24. The van der Waals surface area contributed by atoms with Crippen molar-refractivity contribution >= 4 is 39.9 Å². The Morgan fingerprint density at radius 1 is 0.740 bits per heavy atom. The Balaban J connectivity index is 0.000000152. The van der Waals surface area contributed by atoms with Crippen molar-refractivity contribution in [3.05, 3.63) is 76.5 Å². The number of anilines is 2. The summed E-state index contributed by atoms with van der Waals surface area (Å²) in [7, 11) is -0.618. The standard InChI is InChI=1S/C14H12F2N2O2.C12H16BF2NO3.C8H8BrNO/c15-14(16)20-12-7-8(3-5-18-12)9-1-2-11-10(13(9)17)4-6-19-11;1-11(2)12(3,4)19-13(18-11)8-5-6-16-9(7-8)17-10(14)15;9-6-1-2-7-5(8(6)10)3-4-11-7/h1-3,5,7,14H,4,6,17H2;5-7,10H,1-4H3;1-2H,3-4,10H2. The average molecular weight is 763 g/mol. The molecule has 0 atom stereocenters. The number of fused-ring (bicyclic) bond motifs is 2. The van der Waals surface area contributed by atoms with Gasteiger partial charge in [-0.2, -0.15) is 17.6 Å². The highest BCUT2D eigenvalue weighted by Crippen LogP contribution is 2.39. The molecule has 5 heterocycles. The van der Waals surface area contributed by atoms with Crippen LogP contribution < -0.4 is 35.9 Å². The third-order valence-electron chi connectivity index (χ3n) is 8.54. The number of pyridine rings is 2. The Kier molecular flexibility index (Phi) is 11.3. The summed E-state index contributed by atoms with van der Waals surface area (Å²) in [6.07, 6.45) is 4.48. The number of aromatic nitrogens is 2. The van der Waals surface area contributed by atoms with Crippen LogP contribution >= 0.6 is 15.9 Å². The zero-order valence-electron chi connectivity index (χ0n) is 27.7. The first-order valence-corrected chi connectivity index (χ1v) is 16.4. The number of ether oxygens (including phenoxy) is 4. The molecule has 0 amide bonds. The van der Waals surface area contributed by atoms with Gasteiger partial charge in [0, 0.05) is 64.2 Å². The molecule has 50 heavy (non-hydrogen) atoms. The minimum absolute atomic E-state index is 0.131. The van der Waals surface area contributed by atoms with Crippen LogP contribution in [0.25, 0.3) is 11.1 Å². The molecule has 0 saturated carbocycles. The van der Waals surface area contributed by atoms with Crippen LogP contribution in [0.2, 0.25) is 0 Å². The van der Waals surface area contributed by atoms with E-state index in [1.54, 1.807) is 18.2 Å². The number of nitrogens with two attached hydrogens (primary N) is 2. The quantitative estimate of drug-likeness (QED) is 0.123. The summed E-state index contributed by atoms with van der Waals surface area (Å²) < 4.78 is 80.6. The minimum atomic E-state index is -2.90. The van der Waals surface area contributed by atoms with Gasteiger partial charge < -0.3 is 39.7 Å². The number of halogens is 5. The molecular weight excluding hydrogens is 727 g/mol. The van der Waals surface area contributed by atoms with E-state index in [-0.39, 0.29) is 11.8 Å². The highest BCUT2D eigenvalue weighted by Gasteiger charge is 2.51. The third kappa shape index (κ3) is 8.53. The van der Waals surface area contributed by atoms with Crippen molar-refractivity contribution in [2.24, 2.45) is 0 Å². The first-order chi connectivity index (χ1) is 23.6. The number of nitrogens with zero attached hydrogens (tertiary/aromatic N) is 2. The molecule has 7 rings (SSSR count). The van der Waals surface area contributed by atoms with Crippen molar-refractivity contribution in [3.8, 4) is 34.4 Å². The van der Waals surface area contributed by atoms with Gasteiger partial charge in [-0.1, -0.05) is 0 Å². The SMILES string of the molecule is CC1(C)OB(c2ccnc(OC(F)F)c2)OC1(C)C.Nc1c(-c2ccnc(OC(F)F)c2)ccc2c1CCO2.Nc1c(Br)ccc2c1CCO2. The number of rotatable bonds is 6. The largest absolute Gasteiger partial charge is 0.495 e. The first kappa shape index (κ1) is 37.0. The summed E-state index contributed by atoms with van der Waals surface area (Å²) in [6, 6.07) is 13.7. The number of alkyl halides is 4.